The van der Waals surface area contributed by atoms with E-state index in [4.69, 9.17) is 9.47 Å². The average molecular weight is 461 g/mol. The van der Waals surface area contributed by atoms with Crippen LogP contribution in [0.1, 0.15) is 11.3 Å². The minimum Gasteiger partial charge on any atom is -0.493 e. The number of aromatic nitrogens is 3. The first-order valence-electron chi connectivity index (χ1n) is 9.48. The molecule has 0 aliphatic rings. The zero-order valence-electron chi connectivity index (χ0n) is 16.8. The minimum atomic E-state index is -4.75. The molecule has 0 amide bonds. The van der Waals surface area contributed by atoms with Crippen molar-refractivity contribution in [2.24, 2.45) is 0 Å². The van der Waals surface area contributed by atoms with Crippen LogP contribution in [0.4, 0.5) is 13.2 Å². The number of hydrogen-bond acceptors (Lipinski definition) is 6. The second-order valence-corrected chi connectivity index (χ2v) is 7.58. The first kappa shape index (κ1) is 21.8. The molecule has 0 fully saturated rings. The summed E-state index contributed by atoms with van der Waals surface area (Å²) < 4.78 is 52.7. The van der Waals surface area contributed by atoms with Crippen LogP contribution in [0.15, 0.2) is 66.0 Å². The zero-order valence-corrected chi connectivity index (χ0v) is 17.7. The van der Waals surface area contributed by atoms with Gasteiger partial charge in [0.1, 0.15) is 12.4 Å². The summed E-state index contributed by atoms with van der Waals surface area (Å²) in [4.78, 5) is 11.8. The summed E-state index contributed by atoms with van der Waals surface area (Å²) in [7, 11) is 1.56. The number of ether oxygens (including phenoxy) is 3. The number of benzene rings is 2. The molecule has 0 bridgehead atoms. The molecule has 0 aliphatic heterocycles. The Kier molecular flexibility index (Phi) is 6.40. The molecular formula is C22H18F3N3O3S. The molecule has 10 heteroatoms. The third-order valence-corrected chi connectivity index (χ3v) is 5.28. The Hall–Kier alpha value is -3.40. The van der Waals surface area contributed by atoms with Crippen LogP contribution in [0.5, 0.6) is 17.2 Å². The highest BCUT2D eigenvalue weighted by atomic mass is 32.2. The van der Waals surface area contributed by atoms with E-state index in [1.807, 2.05) is 30.3 Å². The largest absolute Gasteiger partial charge is 0.573 e. The number of H-pyrrole nitrogens is 1. The first-order chi connectivity index (χ1) is 15.4. The van der Waals surface area contributed by atoms with Crippen LogP contribution in [0.2, 0.25) is 0 Å². The van der Waals surface area contributed by atoms with Gasteiger partial charge in [-0.1, -0.05) is 42.1 Å². The molecule has 0 spiro atoms. The van der Waals surface area contributed by atoms with Crippen molar-refractivity contribution >= 4 is 22.8 Å². The molecule has 0 unspecified atom stereocenters. The van der Waals surface area contributed by atoms with Crippen molar-refractivity contribution < 1.29 is 27.4 Å². The van der Waals surface area contributed by atoms with Crippen molar-refractivity contribution in [3.05, 3.63) is 72.1 Å². The highest BCUT2D eigenvalue weighted by Crippen LogP contribution is 2.34. The summed E-state index contributed by atoms with van der Waals surface area (Å²) in [6.45, 7) is 0.354. The van der Waals surface area contributed by atoms with Gasteiger partial charge in [-0.25, -0.2) is 4.98 Å². The number of thioether (sulfide) groups is 1. The van der Waals surface area contributed by atoms with Crippen LogP contribution in [0.25, 0.3) is 11.0 Å². The first-order valence-corrected chi connectivity index (χ1v) is 10.5. The number of fused-ring (bicyclic) bond motifs is 1. The fraction of sp³-hybridized carbons (Fsp3) is 0.182. The van der Waals surface area contributed by atoms with Gasteiger partial charge in [0.15, 0.2) is 16.7 Å². The van der Waals surface area contributed by atoms with E-state index in [-0.39, 0.29) is 5.75 Å². The van der Waals surface area contributed by atoms with E-state index < -0.39 is 6.36 Å². The number of nitrogens with one attached hydrogen (secondary N) is 1. The molecule has 2 heterocycles. The SMILES string of the molecule is COc1ccnc(CSc2nc3cc(OC(F)(F)F)ccc3[nH]2)c1OCc1ccccc1. The lowest BCUT2D eigenvalue weighted by Crippen LogP contribution is -2.16. The van der Waals surface area contributed by atoms with Gasteiger partial charge in [0, 0.05) is 24.1 Å². The van der Waals surface area contributed by atoms with Gasteiger partial charge in [-0.05, 0) is 17.7 Å². The predicted molar refractivity (Wildman–Crippen MR) is 114 cm³/mol. The molecule has 0 radical (unpaired) electrons. The summed E-state index contributed by atoms with van der Waals surface area (Å²) in [6, 6.07) is 15.4. The van der Waals surface area contributed by atoms with Gasteiger partial charge in [-0.3, -0.25) is 4.98 Å². The highest BCUT2D eigenvalue weighted by Gasteiger charge is 2.31. The molecular weight excluding hydrogens is 443 g/mol. The Labute approximate surface area is 185 Å². The van der Waals surface area contributed by atoms with E-state index >= 15 is 0 Å². The topological polar surface area (TPSA) is 69.3 Å². The Morgan fingerprint density at radius 2 is 1.88 bits per heavy atom. The molecule has 166 valence electrons. The fourth-order valence-corrected chi connectivity index (χ4v) is 3.81. The monoisotopic (exact) mass is 461 g/mol. The Bertz CT molecular complexity index is 1200. The van der Waals surface area contributed by atoms with Gasteiger partial charge in [-0.2, -0.15) is 0 Å². The summed E-state index contributed by atoms with van der Waals surface area (Å²) in [5.74, 6) is 1.18. The maximum Gasteiger partial charge on any atom is 0.573 e. The third kappa shape index (κ3) is 5.44. The second kappa shape index (κ2) is 9.39. The van der Waals surface area contributed by atoms with Crippen LogP contribution in [-0.2, 0) is 12.4 Å². The van der Waals surface area contributed by atoms with Crippen LogP contribution in [0.3, 0.4) is 0 Å². The molecule has 0 aliphatic carbocycles. The second-order valence-electron chi connectivity index (χ2n) is 6.62. The normalized spacial score (nSPS) is 11.5. The predicted octanol–water partition coefficient (Wildman–Crippen LogP) is 5.74. The van der Waals surface area contributed by atoms with Crippen molar-refractivity contribution in [1.29, 1.82) is 0 Å². The van der Waals surface area contributed by atoms with Gasteiger partial charge >= 0.3 is 6.36 Å². The van der Waals surface area contributed by atoms with E-state index in [1.54, 1.807) is 19.4 Å². The summed E-state index contributed by atoms with van der Waals surface area (Å²) in [5, 5.41) is 0.530. The molecule has 4 aromatic rings. The van der Waals surface area contributed by atoms with Crippen molar-refractivity contribution in [2.45, 2.75) is 23.9 Å². The number of nitrogens with zero attached hydrogens (tertiary/aromatic N) is 2. The van der Waals surface area contributed by atoms with E-state index in [9.17, 15) is 13.2 Å². The molecule has 6 nitrogen and oxygen atoms in total. The lowest BCUT2D eigenvalue weighted by molar-refractivity contribution is -0.274. The number of aromatic amines is 1. The standard InChI is InChI=1S/C22H18F3N3O3S/c1-29-19-9-10-26-18(20(19)30-12-14-5-3-2-4-6-14)13-32-21-27-16-8-7-15(11-17(16)28-21)31-22(23,24)25/h2-11H,12-13H2,1H3,(H,27,28). The van der Waals surface area contributed by atoms with E-state index in [0.29, 0.717) is 45.7 Å². The number of methoxy groups -OCH3 is 1. The highest BCUT2D eigenvalue weighted by molar-refractivity contribution is 7.98. The van der Waals surface area contributed by atoms with Crippen LogP contribution >= 0.6 is 11.8 Å². The van der Waals surface area contributed by atoms with Gasteiger partial charge < -0.3 is 19.2 Å². The molecule has 2 aromatic carbocycles. The van der Waals surface area contributed by atoms with Gasteiger partial charge in [0.2, 0.25) is 0 Å². The number of hydrogen-bond donors (Lipinski definition) is 1. The van der Waals surface area contributed by atoms with E-state index in [2.05, 4.69) is 19.7 Å². The van der Waals surface area contributed by atoms with Gasteiger partial charge in [-0.15, -0.1) is 13.2 Å². The molecule has 2 aromatic heterocycles. The van der Waals surface area contributed by atoms with Crippen LogP contribution in [-0.4, -0.2) is 28.4 Å². The average Bonchev–Trinajstić information content (AvgIpc) is 3.18. The summed E-state index contributed by atoms with van der Waals surface area (Å²) in [6.07, 6.45) is -3.13. The van der Waals surface area contributed by atoms with Crippen molar-refractivity contribution in [1.82, 2.24) is 15.0 Å². The Morgan fingerprint density at radius 1 is 1.06 bits per heavy atom. The molecule has 0 saturated heterocycles. The molecule has 4 rings (SSSR count). The van der Waals surface area contributed by atoms with Crippen LogP contribution < -0.4 is 14.2 Å². The Morgan fingerprint density at radius 3 is 2.62 bits per heavy atom. The number of halogens is 3. The molecule has 0 saturated carbocycles. The zero-order chi connectivity index (χ0) is 22.6. The van der Waals surface area contributed by atoms with Crippen LogP contribution in [0, 0.1) is 0 Å². The quantitative estimate of drug-likeness (QED) is 0.338. The van der Waals surface area contributed by atoms with Gasteiger partial charge in [0.05, 0.1) is 23.8 Å². The fourth-order valence-electron chi connectivity index (χ4n) is 2.98. The Balaban J connectivity index is 1.50. The third-order valence-electron chi connectivity index (χ3n) is 4.40. The smallest absolute Gasteiger partial charge is 0.493 e. The molecule has 1 N–H and O–H groups in total. The van der Waals surface area contributed by atoms with Gasteiger partial charge in [0.25, 0.3) is 0 Å². The van der Waals surface area contributed by atoms with Crippen molar-refractivity contribution in [2.75, 3.05) is 7.11 Å². The molecule has 0 atom stereocenters. The number of pyridine rings is 1. The van der Waals surface area contributed by atoms with Crippen molar-refractivity contribution in [3.63, 3.8) is 0 Å². The molecule has 32 heavy (non-hydrogen) atoms. The summed E-state index contributed by atoms with van der Waals surface area (Å²) >= 11 is 1.35. The maximum atomic E-state index is 12.4. The minimum absolute atomic E-state index is 0.320. The van der Waals surface area contributed by atoms with E-state index in [0.717, 1.165) is 5.56 Å². The lowest BCUT2D eigenvalue weighted by Gasteiger charge is -2.14. The number of imidazole rings is 1. The lowest BCUT2D eigenvalue weighted by atomic mass is 10.2. The van der Waals surface area contributed by atoms with Crippen molar-refractivity contribution in [3.8, 4) is 17.2 Å². The van der Waals surface area contributed by atoms with E-state index in [1.165, 1.54) is 30.0 Å². The number of rotatable bonds is 8. The summed E-state index contributed by atoms with van der Waals surface area (Å²) in [5.41, 5.74) is 2.63. The maximum absolute atomic E-state index is 12.4. The number of alkyl halides is 3.